The molecule has 1 amide bonds. The molecule has 5 nitrogen and oxygen atoms in total. The molecule has 3 atom stereocenters. The molecule has 1 aromatic carbocycles. The summed E-state index contributed by atoms with van der Waals surface area (Å²) in [5.74, 6) is 0.530. The first-order valence-corrected chi connectivity index (χ1v) is 11.3. The number of benzene rings is 1. The molecule has 26 heavy (non-hydrogen) atoms. The van der Waals surface area contributed by atoms with Crippen LogP contribution >= 0.6 is 0 Å². The summed E-state index contributed by atoms with van der Waals surface area (Å²) in [6.45, 7) is 4.20. The Labute approximate surface area is 156 Å². The number of hydrogen-bond acceptors (Lipinski definition) is 3. The van der Waals surface area contributed by atoms with E-state index < -0.39 is 10.0 Å². The lowest BCUT2D eigenvalue weighted by Crippen LogP contribution is -2.49. The van der Waals surface area contributed by atoms with Crippen LogP contribution in [0, 0.1) is 5.92 Å². The van der Waals surface area contributed by atoms with Crippen LogP contribution in [-0.4, -0.2) is 37.3 Å². The molecule has 0 spiro atoms. The van der Waals surface area contributed by atoms with Crippen molar-refractivity contribution in [3.63, 3.8) is 0 Å². The molecule has 6 heteroatoms. The van der Waals surface area contributed by atoms with E-state index in [0.29, 0.717) is 23.8 Å². The number of carbonyl (C=O) groups is 1. The standard InChI is InChI=1S/C20H28N2O3S/c1-14-12-17-13-18(9-10-20(17)22(14)15(2)23)26(24,25)21-11-5-7-16-6-3-4-8-19(16)21/h9-10,13-14,16,19H,3-8,11-12H2,1-2H3/t14-,16-,19+/m0/s1. The molecule has 0 bridgehead atoms. The second-order valence-electron chi connectivity index (χ2n) is 8.10. The minimum Gasteiger partial charge on any atom is -0.309 e. The smallest absolute Gasteiger partial charge is 0.243 e. The normalized spacial score (nSPS) is 29.3. The summed E-state index contributed by atoms with van der Waals surface area (Å²) in [4.78, 5) is 14.1. The van der Waals surface area contributed by atoms with Gasteiger partial charge in [0.05, 0.1) is 4.90 Å². The second-order valence-corrected chi connectivity index (χ2v) is 9.99. The lowest BCUT2D eigenvalue weighted by molar-refractivity contribution is -0.116. The van der Waals surface area contributed by atoms with Gasteiger partial charge in [0.15, 0.2) is 0 Å². The zero-order valence-corrected chi connectivity index (χ0v) is 16.5. The van der Waals surface area contributed by atoms with Crippen LogP contribution in [0.3, 0.4) is 0 Å². The lowest BCUT2D eigenvalue weighted by Gasteiger charge is -2.43. The highest BCUT2D eigenvalue weighted by Crippen LogP contribution is 2.39. The summed E-state index contributed by atoms with van der Waals surface area (Å²) in [5, 5.41) is 0. The second kappa shape index (κ2) is 6.64. The maximum atomic E-state index is 13.4. The van der Waals surface area contributed by atoms with Crippen molar-refractivity contribution in [2.45, 2.75) is 75.8 Å². The minimum absolute atomic E-state index is 0.00735. The van der Waals surface area contributed by atoms with Gasteiger partial charge in [0, 0.05) is 31.2 Å². The number of anilines is 1. The molecule has 1 saturated heterocycles. The highest BCUT2D eigenvalue weighted by Gasteiger charge is 2.40. The number of rotatable bonds is 2. The Morgan fingerprint density at radius 1 is 1.12 bits per heavy atom. The van der Waals surface area contributed by atoms with Crippen LogP contribution in [0.1, 0.15) is 57.9 Å². The molecule has 2 fully saturated rings. The summed E-state index contributed by atoms with van der Waals surface area (Å²) < 4.78 is 28.5. The van der Waals surface area contributed by atoms with Crippen molar-refractivity contribution in [3.05, 3.63) is 23.8 Å². The number of amides is 1. The monoisotopic (exact) mass is 376 g/mol. The van der Waals surface area contributed by atoms with Gasteiger partial charge in [-0.1, -0.05) is 12.8 Å². The Hall–Kier alpha value is -1.40. The van der Waals surface area contributed by atoms with Gasteiger partial charge in [0.1, 0.15) is 0 Å². The van der Waals surface area contributed by atoms with Crippen molar-refractivity contribution < 1.29 is 13.2 Å². The molecule has 2 heterocycles. The predicted molar refractivity (Wildman–Crippen MR) is 102 cm³/mol. The minimum atomic E-state index is -3.48. The van der Waals surface area contributed by atoms with Crippen molar-refractivity contribution in [2.75, 3.05) is 11.4 Å². The van der Waals surface area contributed by atoms with Gasteiger partial charge >= 0.3 is 0 Å². The fourth-order valence-electron chi connectivity index (χ4n) is 5.26. The van der Waals surface area contributed by atoms with Crippen LogP contribution in [0.25, 0.3) is 0 Å². The highest BCUT2D eigenvalue weighted by molar-refractivity contribution is 7.89. The average Bonchev–Trinajstić information content (AvgIpc) is 2.96. The van der Waals surface area contributed by atoms with E-state index in [-0.39, 0.29) is 18.0 Å². The van der Waals surface area contributed by atoms with E-state index >= 15 is 0 Å². The predicted octanol–water partition coefficient (Wildman–Crippen LogP) is 3.33. The first kappa shape index (κ1) is 18.0. The number of sulfonamides is 1. The number of carbonyl (C=O) groups excluding carboxylic acids is 1. The third kappa shape index (κ3) is 2.87. The van der Waals surface area contributed by atoms with Crippen molar-refractivity contribution in [1.29, 1.82) is 0 Å². The topological polar surface area (TPSA) is 57.7 Å². The fourth-order valence-corrected chi connectivity index (χ4v) is 7.07. The van der Waals surface area contributed by atoms with Gasteiger partial charge in [-0.05, 0) is 68.7 Å². The summed E-state index contributed by atoms with van der Waals surface area (Å²) in [6, 6.07) is 5.56. The van der Waals surface area contributed by atoms with E-state index in [2.05, 4.69) is 0 Å². The van der Waals surface area contributed by atoms with Crippen LogP contribution in [0.2, 0.25) is 0 Å². The van der Waals surface area contributed by atoms with Gasteiger partial charge in [-0.3, -0.25) is 4.79 Å². The van der Waals surface area contributed by atoms with Crippen molar-refractivity contribution >= 4 is 21.6 Å². The number of piperidine rings is 1. The van der Waals surface area contributed by atoms with Gasteiger partial charge in [-0.2, -0.15) is 4.31 Å². The zero-order chi connectivity index (χ0) is 18.5. The SMILES string of the molecule is CC(=O)N1c2ccc(S(=O)(=O)N3CCC[C@@H]4CCCC[C@H]43)cc2C[C@@H]1C. The first-order valence-electron chi connectivity index (χ1n) is 9.84. The van der Waals surface area contributed by atoms with Crippen LogP contribution in [0.5, 0.6) is 0 Å². The Balaban J connectivity index is 1.67. The molecule has 0 N–H and O–H groups in total. The third-order valence-corrected chi connectivity index (χ3v) is 8.33. The molecule has 142 valence electrons. The quantitative estimate of drug-likeness (QED) is 0.795. The fraction of sp³-hybridized carbons (Fsp3) is 0.650. The summed E-state index contributed by atoms with van der Waals surface area (Å²) in [5.41, 5.74) is 1.82. The zero-order valence-electron chi connectivity index (χ0n) is 15.6. The van der Waals surface area contributed by atoms with E-state index in [9.17, 15) is 13.2 Å². The Bertz CT molecular complexity index is 818. The van der Waals surface area contributed by atoms with Gasteiger partial charge in [-0.25, -0.2) is 8.42 Å². The molecular formula is C20H28N2O3S. The molecule has 2 aliphatic heterocycles. The molecule has 4 rings (SSSR count). The number of nitrogens with zero attached hydrogens (tertiary/aromatic N) is 2. The van der Waals surface area contributed by atoms with Gasteiger partial charge in [-0.15, -0.1) is 0 Å². The average molecular weight is 377 g/mol. The molecular weight excluding hydrogens is 348 g/mol. The molecule has 0 radical (unpaired) electrons. The summed E-state index contributed by atoms with van der Waals surface area (Å²) >= 11 is 0. The number of hydrogen-bond donors (Lipinski definition) is 0. The largest absolute Gasteiger partial charge is 0.309 e. The molecule has 1 aromatic rings. The number of fused-ring (bicyclic) bond motifs is 2. The molecule has 3 aliphatic rings. The maximum Gasteiger partial charge on any atom is 0.243 e. The van der Waals surface area contributed by atoms with Gasteiger partial charge in [0.2, 0.25) is 15.9 Å². The van der Waals surface area contributed by atoms with E-state index in [0.717, 1.165) is 43.4 Å². The highest BCUT2D eigenvalue weighted by atomic mass is 32.2. The van der Waals surface area contributed by atoms with Crippen molar-refractivity contribution in [3.8, 4) is 0 Å². The Kier molecular flexibility index (Phi) is 4.59. The molecule has 0 aromatic heterocycles. The first-order chi connectivity index (χ1) is 12.4. The van der Waals surface area contributed by atoms with Crippen LogP contribution < -0.4 is 4.90 Å². The summed E-state index contributed by atoms with van der Waals surface area (Å²) in [7, 11) is -3.48. The maximum absolute atomic E-state index is 13.4. The lowest BCUT2D eigenvalue weighted by atomic mass is 9.79. The van der Waals surface area contributed by atoms with E-state index in [1.54, 1.807) is 28.3 Å². The van der Waals surface area contributed by atoms with E-state index in [1.165, 1.54) is 6.42 Å². The summed E-state index contributed by atoms with van der Waals surface area (Å²) in [6.07, 6.45) is 7.34. The molecule has 1 saturated carbocycles. The third-order valence-electron chi connectivity index (χ3n) is 6.40. The van der Waals surface area contributed by atoms with Crippen molar-refractivity contribution in [2.24, 2.45) is 5.92 Å². The van der Waals surface area contributed by atoms with Crippen LogP contribution in [0.15, 0.2) is 23.1 Å². The van der Waals surface area contributed by atoms with Crippen molar-refractivity contribution in [1.82, 2.24) is 4.31 Å². The van der Waals surface area contributed by atoms with Crippen LogP contribution in [0.4, 0.5) is 5.69 Å². The Morgan fingerprint density at radius 2 is 1.85 bits per heavy atom. The van der Waals surface area contributed by atoms with Gasteiger partial charge in [0.25, 0.3) is 0 Å². The van der Waals surface area contributed by atoms with E-state index in [4.69, 9.17) is 0 Å². The molecule has 0 unspecified atom stereocenters. The molecule has 1 aliphatic carbocycles. The van der Waals surface area contributed by atoms with E-state index in [1.807, 2.05) is 13.0 Å². The Morgan fingerprint density at radius 3 is 2.62 bits per heavy atom. The van der Waals surface area contributed by atoms with Gasteiger partial charge < -0.3 is 4.90 Å². The van der Waals surface area contributed by atoms with Crippen LogP contribution in [-0.2, 0) is 21.2 Å².